The number of esters is 1. The van der Waals surface area contributed by atoms with Gasteiger partial charge in [-0.25, -0.2) is 0 Å². The first kappa shape index (κ1) is 14.8. The Bertz CT molecular complexity index is 390. The third-order valence-electron chi connectivity index (χ3n) is 2.50. The molecular formula is C14H21BO3. The zero-order valence-corrected chi connectivity index (χ0v) is 11.6. The van der Waals surface area contributed by atoms with E-state index in [4.69, 9.17) is 4.74 Å². The Morgan fingerprint density at radius 3 is 2.28 bits per heavy atom. The van der Waals surface area contributed by atoms with Gasteiger partial charge in [0.1, 0.15) is 5.60 Å². The summed E-state index contributed by atoms with van der Waals surface area (Å²) in [6.45, 7) is 6.87. The van der Waals surface area contributed by atoms with Crippen molar-refractivity contribution in [3.8, 4) is 0 Å². The average molecular weight is 248 g/mol. The van der Waals surface area contributed by atoms with E-state index in [9.17, 15) is 9.82 Å². The number of aryl methyl sites for hydroxylation is 1. The molecule has 0 radical (unpaired) electrons. The molecule has 98 valence electrons. The summed E-state index contributed by atoms with van der Waals surface area (Å²) in [7, 11) is 0. The third-order valence-corrected chi connectivity index (χ3v) is 2.50. The number of benzene rings is 1. The van der Waals surface area contributed by atoms with Crippen molar-refractivity contribution >= 4 is 18.3 Å². The molecule has 0 saturated heterocycles. The van der Waals surface area contributed by atoms with Crippen LogP contribution in [0.5, 0.6) is 0 Å². The molecule has 1 rings (SSSR count). The van der Waals surface area contributed by atoms with Crippen LogP contribution in [0.2, 0.25) is 6.82 Å². The standard InChI is InChI=1S/C14H21BO3/c1-14(2,3)18-13(16)10-7-11-5-8-12(9-6-11)15(4)17/h5-6,8-9,17H,7,10H2,1-4H3. The highest BCUT2D eigenvalue weighted by molar-refractivity contribution is 6.64. The topological polar surface area (TPSA) is 46.5 Å². The van der Waals surface area contributed by atoms with E-state index in [0.29, 0.717) is 12.8 Å². The summed E-state index contributed by atoms with van der Waals surface area (Å²) >= 11 is 0. The molecule has 0 unspecified atom stereocenters. The van der Waals surface area contributed by atoms with E-state index in [1.54, 1.807) is 6.82 Å². The first-order valence-corrected chi connectivity index (χ1v) is 6.27. The van der Waals surface area contributed by atoms with Crippen LogP contribution in [0, 0.1) is 0 Å². The van der Waals surface area contributed by atoms with E-state index in [1.165, 1.54) is 0 Å². The van der Waals surface area contributed by atoms with E-state index >= 15 is 0 Å². The summed E-state index contributed by atoms with van der Waals surface area (Å²) in [6, 6.07) is 7.64. The van der Waals surface area contributed by atoms with Gasteiger partial charge in [0.25, 0.3) is 0 Å². The summed E-state index contributed by atoms with van der Waals surface area (Å²) in [5, 5.41) is 9.39. The molecule has 0 atom stereocenters. The lowest BCUT2D eigenvalue weighted by atomic mass is 9.64. The highest BCUT2D eigenvalue weighted by Gasteiger charge is 2.15. The molecule has 0 aliphatic rings. The second-order valence-electron chi connectivity index (χ2n) is 5.50. The molecule has 4 heteroatoms. The van der Waals surface area contributed by atoms with Gasteiger partial charge >= 0.3 is 12.9 Å². The summed E-state index contributed by atoms with van der Waals surface area (Å²) in [5.41, 5.74) is 1.54. The molecule has 1 aromatic rings. The molecule has 0 aliphatic carbocycles. The normalized spacial score (nSPS) is 11.2. The Hall–Kier alpha value is -1.29. The minimum Gasteiger partial charge on any atom is -0.460 e. The van der Waals surface area contributed by atoms with Gasteiger partial charge in [0, 0.05) is 6.42 Å². The molecule has 0 aromatic heterocycles. The molecule has 0 fully saturated rings. The molecule has 0 saturated carbocycles. The first-order valence-electron chi connectivity index (χ1n) is 6.27. The van der Waals surface area contributed by atoms with Crippen molar-refractivity contribution in [1.82, 2.24) is 0 Å². The van der Waals surface area contributed by atoms with E-state index in [1.807, 2.05) is 45.0 Å². The highest BCUT2D eigenvalue weighted by atomic mass is 16.6. The maximum atomic E-state index is 11.5. The lowest BCUT2D eigenvalue weighted by Crippen LogP contribution is -2.26. The predicted molar refractivity (Wildman–Crippen MR) is 74.1 cm³/mol. The Balaban J connectivity index is 2.46. The first-order chi connectivity index (χ1) is 8.28. The van der Waals surface area contributed by atoms with Crippen molar-refractivity contribution in [3.63, 3.8) is 0 Å². The molecule has 0 spiro atoms. The van der Waals surface area contributed by atoms with E-state index in [2.05, 4.69) is 0 Å². The summed E-state index contributed by atoms with van der Waals surface area (Å²) < 4.78 is 5.24. The molecule has 1 N–H and O–H groups in total. The SMILES string of the molecule is CB(O)c1ccc(CCC(=O)OC(C)(C)C)cc1. The van der Waals surface area contributed by atoms with Gasteiger partial charge in [-0.3, -0.25) is 4.79 Å². The van der Waals surface area contributed by atoms with Crippen LogP contribution in [-0.2, 0) is 16.0 Å². The second kappa shape index (κ2) is 6.05. The van der Waals surface area contributed by atoms with Gasteiger partial charge in [-0.1, -0.05) is 31.1 Å². The van der Waals surface area contributed by atoms with Gasteiger partial charge in [0.15, 0.2) is 0 Å². The van der Waals surface area contributed by atoms with Crippen LogP contribution in [0.1, 0.15) is 32.8 Å². The number of carbonyl (C=O) groups excluding carboxylic acids is 1. The van der Waals surface area contributed by atoms with Gasteiger partial charge in [0.2, 0.25) is 0 Å². The molecule has 0 amide bonds. The smallest absolute Gasteiger partial charge is 0.320 e. The molecular weight excluding hydrogens is 227 g/mol. The lowest BCUT2D eigenvalue weighted by Gasteiger charge is -2.19. The summed E-state index contributed by atoms with van der Waals surface area (Å²) in [5.74, 6) is -0.179. The van der Waals surface area contributed by atoms with Crippen molar-refractivity contribution in [2.75, 3.05) is 0 Å². The van der Waals surface area contributed by atoms with Crippen LogP contribution < -0.4 is 5.46 Å². The lowest BCUT2D eigenvalue weighted by molar-refractivity contribution is -0.154. The van der Waals surface area contributed by atoms with Crippen molar-refractivity contribution in [3.05, 3.63) is 29.8 Å². The fourth-order valence-corrected chi connectivity index (χ4v) is 1.60. The number of hydrogen-bond donors (Lipinski definition) is 1. The van der Waals surface area contributed by atoms with Crippen LogP contribution in [-0.4, -0.2) is 23.5 Å². The van der Waals surface area contributed by atoms with E-state index in [-0.39, 0.29) is 5.97 Å². The molecule has 0 bridgehead atoms. The zero-order valence-electron chi connectivity index (χ0n) is 11.6. The van der Waals surface area contributed by atoms with Gasteiger partial charge in [-0.15, -0.1) is 0 Å². The van der Waals surface area contributed by atoms with Crippen molar-refractivity contribution in [2.45, 2.75) is 46.0 Å². The van der Waals surface area contributed by atoms with Crippen molar-refractivity contribution < 1.29 is 14.6 Å². The molecule has 0 heterocycles. The van der Waals surface area contributed by atoms with Gasteiger partial charge in [-0.05, 0) is 38.2 Å². The number of ether oxygens (including phenoxy) is 1. The summed E-state index contributed by atoms with van der Waals surface area (Å²) in [6.07, 6.45) is 1.04. The maximum absolute atomic E-state index is 11.5. The minimum absolute atomic E-state index is 0.179. The second-order valence-corrected chi connectivity index (χ2v) is 5.50. The Morgan fingerprint density at radius 1 is 1.28 bits per heavy atom. The fourth-order valence-electron chi connectivity index (χ4n) is 1.60. The molecule has 1 aromatic carbocycles. The van der Waals surface area contributed by atoms with Crippen LogP contribution >= 0.6 is 0 Å². The quantitative estimate of drug-likeness (QED) is 0.652. The van der Waals surface area contributed by atoms with Crippen molar-refractivity contribution in [2.24, 2.45) is 0 Å². The molecule has 18 heavy (non-hydrogen) atoms. The monoisotopic (exact) mass is 248 g/mol. The maximum Gasteiger partial charge on any atom is 0.320 e. The van der Waals surface area contributed by atoms with Gasteiger partial charge < -0.3 is 9.76 Å². The van der Waals surface area contributed by atoms with Crippen LogP contribution in [0.3, 0.4) is 0 Å². The van der Waals surface area contributed by atoms with Crippen LogP contribution in [0.15, 0.2) is 24.3 Å². The van der Waals surface area contributed by atoms with Crippen molar-refractivity contribution in [1.29, 1.82) is 0 Å². The van der Waals surface area contributed by atoms with Crippen LogP contribution in [0.25, 0.3) is 0 Å². The number of hydrogen-bond acceptors (Lipinski definition) is 3. The molecule has 0 aliphatic heterocycles. The van der Waals surface area contributed by atoms with E-state index in [0.717, 1.165) is 11.0 Å². The molecule has 3 nitrogen and oxygen atoms in total. The number of carbonyl (C=O) groups is 1. The average Bonchev–Trinajstić information content (AvgIpc) is 2.24. The van der Waals surface area contributed by atoms with Crippen LogP contribution in [0.4, 0.5) is 0 Å². The minimum atomic E-state index is -0.454. The Kier molecular flexibility index (Phi) is 4.97. The fraction of sp³-hybridized carbons (Fsp3) is 0.500. The Labute approximate surface area is 109 Å². The highest BCUT2D eigenvalue weighted by Crippen LogP contribution is 2.10. The zero-order chi connectivity index (χ0) is 13.8. The summed E-state index contributed by atoms with van der Waals surface area (Å²) in [4.78, 5) is 11.5. The predicted octanol–water partition coefficient (Wildman–Crippen LogP) is 1.78. The third kappa shape index (κ3) is 5.36. The number of rotatable bonds is 4. The van der Waals surface area contributed by atoms with Gasteiger partial charge in [0.05, 0.1) is 0 Å². The van der Waals surface area contributed by atoms with Gasteiger partial charge in [-0.2, -0.15) is 0 Å². The van der Waals surface area contributed by atoms with E-state index < -0.39 is 12.5 Å². The largest absolute Gasteiger partial charge is 0.460 e. The Morgan fingerprint density at radius 2 is 1.83 bits per heavy atom.